The highest BCUT2D eigenvalue weighted by atomic mass is 19.2. The van der Waals surface area contributed by atoms with Crippen LogP contribution in [0.2, 0.25) is 0 Å². The SMILES string of the molecule is CN(C)C1CC1n1ccc2ccc(F)c(F)c21. The Bertz CT molecular complexity index is 574. The minimum Gasteiger partial charge on any atom is -0.340 e. The zero-order valence-electron chi connectivity index (χ0n) is 9.82. The van der Waals surface area contributed by atoms with Gasteiger partial charge in [-0.2, -0.15) is 0 Å². The molecule has 2 nitrogen and oxygen atoms in total. The smallest absolute Gasteiger partial charge is 0.183 e. The molecule has 2 aromatic rings. The first-order valence-corrected chi connectivity index (χ1v) is 5.70. The lowest BCUT2D eigenvalue weighted by Crippen LogP contribution is -2.17. The van der Waals surface area contributed by atoms with Gasteiger partial charge in [0.05, 0.1) is 11.6 Å². The summed E-state index contributed by atoms with van der Waals surface area (Å²) in [5, 5.41) is 0.758. The molecule has 1 saturated carbocycles. The second kappa shape index (κ2) is 3.53. The lowest BCUT2D eigenvalue weighted by Gasteiger charge is -2.10. The van der Waals surface area contributed by atoms with Crippen molar-refractivity contribution in [3.05, 3.63) is 36.0 Å². The van der Waals surface area contributed by atoms with E-state index < -0.39 is 11.6 Å². The molecule has 3 rings (SSSR count). The lowest BCUT2D eigenvalue weighted by atomic mass is 10.2. The van der Waals surface area contributed by atoms with Gasteiger partial charge < -0.3 is 9.47 Å². The molecule has 2 atom stereocenters. The summed E-state index contributed by atoms with van der Waals surface area (Å²) in [6.07, 6.45) is 2.84. The van der Waals surface area contributed by atoms with Crippen LogP contribution < -0.4 is 0 Å². The quantitative estimate of drug-likeness (QED) is 0.778. The molecule has 0 saturated heterocycles. The molecule has 1 aliphatic rings. The van der Waals surface area contributed by atoms with Crippen molar-refractivity contribution in [2.24, 2.45) is 0 Å². The summed E-state index contributed by atoms with van der Waals surface area (Å²) < 4.78 is 28.9. The number of nitrogens with zero attached hydrogens (tertiary/aromatic N) is 2. The maximum Gasteiger partial charge on any atom is 0.183 e. The second-order valence-corrected chi connectivity index (χ2v) is 4.86. The van der Waals surface area contributed by atoms with Gasteiger partial charge >= 0.3 is 0 Å². The van der Waals surface area contributed by atoms with Gasteiger partial charge in [0.15, 0.2) is 11.6 Å². The van der Waals surface area contributed by atoms with Crippen LogP contribution in [-0.2, 0) is 0 Å². The summed E-state index contributed by atoms with van der Waals surface area (Å²) >= 11 is 0. The van der Waals surface area contributed by atoms with E-state index in [9.17, 15) is 8.78 Å². The highest BCUT2D eigenvalue weighted by molar-refractivity contribution is 5.81. The molecule has 0 N–H and O–H groups in total. The Morgan fingerprint density at radius 2 is 2.00 bits per heavy atom. The molecular formula is C13H14F2N2. The summed E-state index contributed by atoms with van der Waals surface area (Å²) in [5.74, 6) is -1.52. The second-order valence-electron chi connectivity index (χ2n) is 4.86. The highest BCUT2D eigenvalue weighted by Gasteiger charge is 2.41. The third kappa shape index (κ3) is 1.55. The van der Waals surface area contributed by atoms with Gasteiger partial charge in [-0.15, -0.1) is 0 Å². The molecule has 0 radical (unpaired) electrons. The van der Waals surface area contributed by atoms with Gasteiger partial charge in [0.1, 0.15) is 0 Å². The molecule has 0 amide bonds. The number of hydrogen-bond donors (Lipinski definition) is 0. The fourth-order valence-corrected chi connectivity index (χ4v) is 2.49. The monoisotopic (exact) mass is 236 g/mol. The van der Waals surface area contributed by atoms with Crippen molar-refractivity contribution in [3.8, 4) is 0 Å². The van der Waals surface area contributed by atoms with Crippen molar-refractivity contribution in [1.82, 2.24) is 9.47 Å². The Labute approximate surface area is 98.4 Å². The van der Waals surface area contributed by atoms with Crippen molar-refractivity contribution >= 4 is 10.9 Å². The predicted molar refractivity (Wildman–Crippen MR) is 63.0 cm³/mol. The molecule has 0 spiro atoms. The number of likely N-dealkylation sites (N-methyl/N-ethyl adjacent to an activating group) is 1. The van der Waals surface area contributed by atoms with Gasteiger partial charge in [-0.25, -0.2) is 8.78 Å². The molecule has 1 aliphatic carbocycles. The van der Waals surface area contributed by atoms with E-state index in [1.807, 2.05) is 30.9 Å². The molecular weight excluding hydrogens is 222 g/mol. The molecule has 1 aromatic carbocycles. The van der Waals surface area contributed by atoms with Gasteiger partial charge in [-0.05, 0) is 38.7 Å². The Balaban J connectivity index is 2.10. The van der Waals surface area contributed by atoms with Crippen LogP contribution in [0.4, 0.5) is 8.78 Å². The Morgan fingerprint density at radius 3 is 2.65 bits per heavy atom. The van der Waals surface area contributed by atoms with Crippen LogP contribution in [0, 0.1) is 11.6 Å². The van der Waals surface area contributed by atoms with Crippen molar-refractivity contribution < 1.29 is 8.78 Å². The third-order valence-electron chi connectivity index (χ3n) is 3.52. The summed E-state index contributed by atoms with van der Waals surface area (Å²) in [6.45, 7) is 0. The van der Waals surface area contributed by atoms with Gasteiger partial charge in [0.2, 0.25) is 0 Å². The average molecular weight is 236 g/mol. The molecule has 0 bridgehead atoms. The third-order valence-corrected chi connectivity index (χ3v) is 3.52. The van der Waals surface area contributed by atoms with Crippen LogP contribution in [0.3, 0.4) is 0 Å². The minimum absolute atomic E-state index is 0.263. The number of halogens is 2. The molecule has 1 fully saturated rings. The van der Waals surface area contributed by atoms with Gasteiger partial charge in [-0.1, -0.05) is 0 Å². The van der Waals surface area contributed by atoms with E-state index in [1.165, 1.54) is 6.07 Å². The van der Waals surface area contributed by atoms with Crippen LogP contribution in [0.1, 0.15) is 12.5 Å². The number of benzene rings is 1. The number of hydrogen-bond acceptors (Lipinski definition) is 1. The minimum atomic E-state index is -0.778. The van der Waals surface area contributed by atoms with Crippen LogP contribution in [0.25, 0.3) is 10.9 Å². The van der Waals surface area contributed by atoms with Crippen LogP contribution in [-0.4, -0.2) is 29.6 Å². The molecule has 1 heterocycles. The largest absolute Gasteiger partial charge is 0.340 e. The molecule has 2 unspecified atom stereocenters. The van der Waals surface area contributed by atoms with E-state index in [2.05, 4.69) is 4.90 Å². The van der Waals surface area contributed by atoms with E-state index in [0.29, 0.717) is 11.6 Å². The predicted octanol–water partition coefficient (Wildman–Crippen LogP) is 2.79. The summed E-state index contributed by atoms with van der Waals surface area (Å²) in [4.78, 5) is 2.12. The maximum atomic E-state index is 13.8. The van der Waals surface area contributed by atoms with Gasteiger partial charge in [-0.3, -0.25) is 0 Å². The summed E-state index contributed by atoms with van der Waals surface area (Å²) in [6, 6.07) is 5.32. The normalized spacial score (nSPS) is 23.6. The Kier molecular flexibility index (Phi) is 2.23. The zero-order valence-corrected chi connectivity index (χ0v) is 9.82. The zero-order chi connectivity index (χ0) is 12.2. The number of rotatable bonds is 2. The molecule has 0 aliphatic heterocycles. The van der Waals surface area contributed by atoms with Gasteiger partial charge in [0.25, 0.3) is 0 Å². The van der Waals surface area contributed by atoms with Crippen molar-refractivity contribution in [2.75, 3.05) is 14.1 Å². The average Bonchev–Trinajstić information content (AvgIpc) is 2.97. The van der Waals surface area contributed by atoms with Crippen LogP contribution in [0.15, 0.2) is 24.4 Å². The first-order valence-electron chi connectivity index (χ1n) is 5.70. The fraction of sp³-hybridized carbons (Fsp3) is 0.385. The number of fused-ring (bicyclic) bond motifs is 1. The molecule has 4 heteroatoms. The van der Waals surface area contributed by atoms with E-state index in [1.54, 1.807) is 6.07 Å². The summed E-state index contributed by atoms with van der Waals surface area (Å²) in [7, 11) is 4.01. The Morgan fingerprint density at radius 1 is 1.24 bits per heavy atom. The van der Waals surface area contributed by atoms with E-state index >= 15 is 0 Å². The van der Waals surface area contributed by atoms with E-state index in [-0.39, 0.29) is 6.04 Å². The Hall–Kier alpha value is -1.42. The van der Waals surface area contributed by atoms with E-state index in [4.69, 9.17) is 0 Å². The van der Waals surface area contributed by atoms with Crippen molar-refractivity contribution in [2.45, 2.75) is 18.5 Å². The standard InChI is InChI=1S/C13H14F2N2/c1-16(2)10-7-11(10)17-6-5-8-3-4-9(14)12(15)13(8)17/h3-6,10-11H,7H2,1-2H3. The van der Waals surface area contributed by atoms with Crippen LogP contribution in [0.5, 0.6) is 0 Å². The van der Waals surface area contributed by atoms with Gasteiger partial charge in [0, 0.05) is 17.6 Å². The molecule has 17 heavy (non-hydrogen) atoms. The maximum absolute atomic E-state index is 13.8. The summed E-state index contributed by atoms with van der Waals surface area (Å²) in [5.41, 5.74) is 0.388. The molecule has 90 valence electrons. The fourth-order valence-electron chi connectivity index (χ4n) is 2.49. The van der Waals surface area contributed by atoms with Crippen molar-refractivity contribution in [1.29, 1.82) is 0 Å². The van der Waals surface area contributed by atoms with E-state index in [0.717, 1.165) is 11.8 Å². The molecule has 1 aromatic heterocycles. The van der Waals surface area contributed by atoms with Crippen LogP contribution >= 0.6 is 0 Å². The first-order chi connectivity index (χ1) is 8.09. The topological polar surface area (TPSA) is 8.17 Å². The first kappa shape index (κ1) is 10.7. The number of aromatic nitrogens is 1. The lowest BCUT2D eigenvalue weighted by molar-refractivity contribution is 0.376. The van der Waals surface area contributed by atoms with Crippen molar-refractivity contribution in [3.63, 3.8) is 0 Å². The highest BCUT2D eigenvalue weighted by Crippen LogP contribution is 2.41.